The number of allylic oxidation sites excluding steroid dienone is 8. The number of rotatable bonds is 3. The van der Waals surface area contributed by atoms with E-state index in [0.717, 1.165) is 44.8 Å². The number of hydrogen-bond acceptors (Lipinski definition) is 3. The van der Waals surface area contributed by atoms with Gasteiger partial charge in [-0.25, -0.2) is 4.57 Å². The van der Waals surface area contributed by atoms with E-state index in [1.54, 1.807) is 0 Å². The van der Waals surface area contributed by atoms with Crippen molar-refractivity contribution in [1.29, 1.82) is 0 Å². The molecule has 2 aliphatic rings. The van der Waals surface area contributed by atoms with Crippen molar-refractivity contribution in [3.63, 3.8) is 0 Å². The normalized spacial score (nSPS) is 14.7. The Bertz CT molecular complexity index is 1260. The minimum Gasteiger partial charge on any atom is -1.00 e. The van der Waals surface area contributed by atoms with Crippen molar-refractivity contribution in [3.8, 4) is 0 Å². The molecule has 166 valence electrons. The Morgan fingerprint density at radius 3 is 1.91 bits per heavy atom. The fourth-order valence-corrected chi connectivity index (χ4v) is 3.93. The van der Waals surface area contributed by atoms with Crippen LogP contribution in [0.5, 0.6) is 0 Å². The second kappa shape index (κ2) is 10.5. The summed E-state index contributed by atoms with van der Waals surface area (Å²) in [4.78, 5) is 11.5. The molecule has 0 unspecified atom stereocenters. The van der Waals surface area contributed by atoms with Crippen molar-refractivity contribution < 1.29 is 34.0 Å². The van der Waals surface area contributed by atoms with Crippen LogP contribution in [0.4, 0.5) is 0 Å². The first-order valence-electron chi connectivity index (χ1n) is 10.3. The number of aryl methyl sites for hydroxylation is 1. The SMILES string of the molecule is CN1C=CC(=C2C=C(c3cc[n+](C)cc3)C(c3ccccn3)=C2c2ccccn2)C=C1.O.[I-]. The zero-order chi connectivity index (χ0) is 21.2. The van der Waals surface area contributed by atoms with Crippen LogP contribution in [0.3, 0.4) is 0 Å². The van der Waals surface area contributed by atoms with Gasteiger partial charge in [-0.05, 0) is 64.8 Å². The Labute approximate surface area is 211 Å². The van der Waals surface area contributed by atoms with Crippen molar-refractivity contribution in [3.05, 3.63) is 132 Å². The molecule has 1 aliphatic heterocycles. The maximum Gasteiger partial charge on any atom is 0.169 e. The van der Waals surface area contributed by atoms with E-state index in [0.29, 0.717) is 0 Å². The molecule has 3 aromatic rings. The molecule has 6 heteroatoms. The first-order valence-corrected chi connectivity index (χ1v) is 10.3. The molecule has 1 aliphatic carbocycles. The van der Waals surface area contributed by atoms with Crippen LogP contribution in [0.1, 0.15) is 17.0 Å². The molecular weight excluding hydrogens is 523 g/mol. The van der Waals surface area contributed by atoms with E-state index >= 15 is 0 Å². The Kier molecular flexibility index (Phi) is 7.73. The van der Waals surface area contributed by atoms with Gasteiger partial charge >= 0.3 is 0 Å². The van der Waals surface area contributed by atoms with Crippen LogP contribution in [0, 0.1) is 0 Å². The Hall–Kier alpha value is -3.36. The van der Waals surface area contributed by atoms with Crippen LogP contribution in [-0.2, 0) is 7.05 Å². The van der Waals surface area contributed by atoms with Gasteiger partial charge in [0.2, 0.25) is 0 Å². The van der Waals surface area contributed by atoms with Crippen molar-refractivity contribution >= 4 is 16.7 Å². The summed E-state index contributed by atoms with van der Waals surface area (Å²) in [7, 11) is 4.06. The maximum atomic E-state index is 4.72. The van der Waals surface area contributed by atoms with Gasteiger partial charge in [-0.3, -0.25) is 9.97 Å². The van der Waals surface area contributed by atoms with Gasteiger partial charge in [0, 0.05) is 55.1 Å². The molecule has 4 heterocycles. The molecule has 0 atom stereocenters. The molecule has 0 spiro atoms. The monoisotopic (exact) mass is 548 g/mol. The van der Waals surface area contributed by atoms with Crippen LogP contribution in [-0.4, -0.2) is 27.4 Å². The molecule has 33 heavy (non-hydrogen) atoms. The van der Waals surface area contributed by atoms with E-state index in [-0.39, 0.29) is 29.5 Å². The molecule has 5 rings (SSSR count). The smallest absolute Gasteiger partial charge is 0.169 e. The third-order valence-electron chi connectivity index (χ3n) is 5.50. The Morgan fingerprint density at radius 2 is 1.36 bits per heavy atom. The fraction of sp³-hybridized carbons (Fsp3) is 0.0741. The van der Waals surface area contributed by atoms with Crippen LogP contribution in [0.25, 0.3) is 16.7 Å². The topological polar surface area (TPSA) is 64.4 Å². The number of pyridine rings is 3. The third kappa shape index (κ3) is 4.86. The molecule has 0 radical (unpaired) electrons. The van der Waals surface area contributed by atoms with E-state index < -0.39 is 0 Å². The molecule has 0 saturated carbocycles. The van der Waals surface area contributed by atoms with Gasteiger partial charge in [0.1, 0.15) is 7.05 Å². The van der Waals surface area contributed by atoms with E-state index in [4.69, 9.17) is 9.97 Å². The molecule has 2 N–H and O–H groups in total. The number of hydrogen-bond donors (Lipinski definition) is 0. The summed E-state index contributed by atoms with van der Waals surface area (Å²) in [5, 5.41) is 0. The van der Waals surface area contributed by atoms with Gasteiger partial charge in [0.25, 0.3) is 0 Å². The second-order valence-electron chi connectivity index (χ2n) is 7.66. The number of nitrogens with zero attached hydrogens (tertiary/aromatic N) is 4. The molecule has 0 fully saturated rings. The average Bonchev–Trinajstić information content (AvgIpc) is 3.22. The molecule has 5 nitrogen and oxygen atoms in total. The van der Waals surface area contributed by atoms with Crippen molar-refractivity contribution in [2.24, 2.45) is 7.05 Å². The summed E-state index contributed by atoms with van der Waals surface area (Å²) < 4.78 is 2.05. The van der Waals surface area contributed by atoms with Gasteiger partial charge in [-0.15, -0.1) is 0 Å². The highest BCUT2D eigenvalue weighted by Crippen LogP contribution is 2.47. The lowest BCUT2D eigenvalue weighted by Gasteiger charge is -2.16. The summed E-state index contributed by atoms with van der Waals surface area (Å²) >= 11 is 0. The Morgan fingerprint density at radius 1 is 0.788 bits per heavy atom. The first-order chi connectivity index (χ1) is 15.2. The zero-order valence-electron chi connectivity index (χ0n) is 18.5. The van der Waals surface area contributed by atoms with Gasteiger partial charge in [-0.2, -0.15) is 0 Å². The maximum absolute atomic E-state index is 4.72. The zero-order valence-corrected chi connectivity index (χ0v) is 20.6. The van der Waals surface area contributed by atoms with Gasteiger partial charge < -0.3 is 34.4 Å². The van der Waals surface area contributed by atoms with Gasteiger partial charge in [0.15, 0.2) is 12.4 Å². The van der Waals surface area contributed by atoms with Gasteiger partial charge in [-0.1, -0.05) is 12.1 Å². The quantitative estimate of drug-likeness (QED) is 0.359. The van der Waals surface area contributed by atoms with Gasteiger partial charge in [0.05, 0.1) is 11.4 Å². The van der Waals surface area contributed by atoms with Crippen molar-refractivity contribution in [1.82, 2.24) is 14.9 Å². The molecule has 3 aromatic heterocycles. The minimum absolute atomic E-state index is 0. The molecule has 0 amide bonds. The Balaban J connectivity index is 0.00000153. The van der Waals surface area contributed by atoms with E-state index in [1.807, 2.05) is 60.2 Å². The summed E-state index contributed by atoms with van der Waals surface area (Å²) in [5.74, 6) is 0. The van der Waals surface area contributed by atoms with Crippen LogP contribution in [0.2, 0.25) is 0 Å². The summed E-state index contributed by atoms with van der Waals surface area (Å²) in [6.07, 6.45) is 18.6. The predicted octanol–water partition coefficient (Wildman–Crippen LogP) is 0.758. The minimum atomic E-state index is 0. The highest BCUT2D eigenvalue weighted by Gasteiger charge is 2.28. The van der Waals surface area contributed by atoms with E-state index in [1.165, 1.54) is 0 Å². The standard InChI is InChI=1S/C27H23N4.HI.H2O/c1-30-15-9-20(10-16-30)22-19-23(21-11-17-31(2)18-12-21)27(25-8-4-6-14-29-25)26(22)24-7-3-5-13-28-24;;/h3-19H,1-2H3;1H;1H2/q+1;;/p-1. The lowest BCUT2D eigenvalue weighted by molar-refractivity contribution is -0.671. The van der Waals surface area contributed by atoms with Crippen molar-refractivity contribution in [2.45, 2.75) is 0 Å². The molecule has 0 bridgehead atoms. The largest absolute Gasteiger partial charge is 1.00 e. The lowest BCUT2D eigenvalue weighted by atomic mass is 9.93. The lowest BCUT2D eigenvalue weighted by Crippen LogP contribution is -3.00. The summed E-state index contributed by atoms with van der Waals surface area (Å²) in [6, 6.07) is 16.4. The van der Waals surface area contributed by atoms with E-state index in [2.05, 4.69) is 67.3 Å². The average molecular weight is 548 g/mol. The molecular formula is C27H25IN4O. The number of aromatic nitrogens is 3. The fourth-order valence-electron chi connectivity index (χ4n) is 3.93. The summed E-state index contributed by atoms with van der Waals surface area (Å²) in [6.45, 7) is 0. The summed E-state index contributed by atoms with van der Waals surface area (Å²) in [5.41, 5.74) is 8.73. The van der Waals surface area contributed by atoms with Crippen LogP contribution >= 0.6 is 0 Å². The second-order valence-corrected chi connectivity index (χ2v) is 7.66. The highest BCUT2D eigenvalue weighted by molar-refractivity contribution is 6.23. The molecule has 0 saturated heterocycles. The van der Waals surface area contributed by atoms with E-state index in [9.17, 15) is 0 Å². The predicted molar refractivity (Wildman–Crippen MR) is 128 cm³/mol. The first kappa shape index (κ1) is 24.3. The highest BCUT2D eigenvalue weighted by atomic mass is 127. The van der Waals surface area contributed by atoms with Crippen LogP contribution in [0.15, 0.2) is 115 Å². The molecule has 0 aromatic carbocycles. The van der Waals surface area contributed by atoms with Crippen LogP contribution < -0.4 is 28.5 Å². The third-order valence-corrected chi connectivity index (χ3v) is 5.50. The van der Waals surface area contributed by atoms with Crippen molar-refractivity contribution in [2.75, 3.05) is 7.05 Å². The number of halogens is 1.